The summed E-state index contributed by atoms with van der Waals surface area (Å²) < 4.78 is 23.1. The molecule has 2 heterocycles. The Bertz CT molecular complexity index is 1250. The maximum absolute atomic E-state index is 14.2. The first-order valence-corrected chi connectivity index (χ1v) is 10.2. The van der Waals surface area contributed by atoms with Crippen LogP contribution in [-0.4, -0.2) is 24.8 Å². The van der Waals surface area contributed by atoms with Crippen molar-refractivity contribution in [3.63, 3.8) is 0 Å². The predicted octanol–water partition coefficient (Wildman–Crippen LogP) is 3.88. The van der Waals surface area contributed by atoms with Gasteiger partial charge in [-0.2, -0.15) is 9.36 Å². The minimum atomic E-state index is -0.362. The van der Waals surface area contributed by atoms with E-state index in [4.69, 9.17) is 4.74 Å². The van der Waals surface area contributed by atoms with E-state index in [0.717, 1.165) is 15.8 Å². The summed E-state index contributed by atoms with van der Waals surface area (Å²) in [4.78, 5) is 16.6. The number of benzene rings is 2. The molecule has 0 N–H and O–H groups in total. The summed E-state index contributed by atoms with van der Waals surface area (Å²) in [5, 5.41) is 9.82. The molecule has 148 valence electrons. The molecule has 0 saturated heterocycles. The monoisotopic (exact) mass is 475 g/mol. The first-order chi connectivity index (χ1) is 13.9. The van der Waals surface area contributed by atoms with Gasteiger partial charge in [0, 0.05) is 28.0 Å². The van der Waals surface area contributed by atoms with Crippen molar-refractivity contribution >= 4 is 27.3 Å². The minimum absolute atomic E-state index is 0.181. The lowest BCUT2D eigenvalue weighted by atomic mass is 10.1. The van der Waals surface area contributed by atoms with E-state index in [-0.39, 0.29) is 18.1 Å². The number of halogens is 2. The Labute approximate surface area is 177 Å². The van der Waals surface area contributed by atoms with Crippen LogP contribution in [0.4, 0.5) is 4.39 Å². The van der Waals surface area contributed by atoms with E-state index in [1.807, 2.05) is 19.1 Å². The molecular weight excluding hydrogens is 461 g/mol. The third kappa shape index (κ3) is 3.85. The first kappa shape index (κ1) is 19.5. The van der Waals surface area contributed by atoms with Gasteiger partial charge in [0.15, 0.2) is 0 Å². The molecule has 2 aromatic heterocycles. The quantitative estimate of drug-likeness (QED) is 0.437. The highest BCUT2D eigenvalue weighted by Crippen LogP contribution is 2.30. The largest absolute Gasteiger partial charge is 0.465 e. The van der Waals surface area contributed by atoms with Crippen molar-refractivity contribution in [1.29, 1.82) is 0 Å². The van der Waals surface area contributed by atoms with Gasteiger partial charge in [-0.25, -0.2) is 14.2 Å². The molecule has 0 spiro atoms. The minimum Gasteiger partial charge on any atom is -0.465 e. The number of tetrazole rings is 1. The van der Waals surface area contributed by atoms with Gasteiger partial charge in [-0.3, -0.25) is 0 Å². The lowest BCUT2D eigenvalue weighted by Gasteiger charge is -2.11. The van der Waals surface area contributed by atoms with Crippen molar-refractivity contribution in [2.45, 2.75) is 13.5 Å². The summed E-state index contributed by atoms with van der Waals surface area (Å²) in [6.07, 6.45) is 0. The SMILES string of the molecule is Cc1cccc(-n2nnn(C)c2=O)c1COc1nc(-c2ccc(Br)cc2F)cs1. The van der Waals surface area contributed by atoms with Gasteiger partial charge in [-0.1, -0.05) is 39.4 Å². The Morgan fingerprint density at radius 2 is 2.07 bits per heavy atom. The van der Waals surface area contributed by atoms with Gasteiger partial charge in [0.25, 0.3) is 5.19 Å². The molecule has 0 aliphatic heterocycles. The lowest BCUT2D eigenvalue weighted by Crippen LogP contribution is -2.23. The van der Waals surface area contributed by atoms with Crippen LogP contribution in [0.2, 0.25) is 0 Å². The second-order valence-electron chi connectivity index (χ2n) is 6.28. The number of aryl methyl sites for hydroxylation is 2. The Kier molecular flexibility index (Phi) is 5.29. The van der Waals surface area contributed by atoms with Gasteiger partial charge in [-0.05, 0) is 47.2 Å². The fourth-order valence-electron chi connectivity index (χ4n) is 2.82. The van der Waals surface area contributed by atoms with Crippen LogP contribution in [0.3, 0.4) is 0 Å². The van der Waals surface area contributed by atoms with Gasteiger partial charge >= 0.3 is 5.69 Å². The molecule has 0 amide bonds. The number of hydrogen-bond acceptors (Lipinski definition) is 6. The van der Waals surface area contributed by atoms with Crippen LogP contribution < -0.4 is 10.4 Å². The summed E-state index contributed by atoms with van der Waals surface area (Å²) in [6.45, 7) is 2.11. The van der Waals surface area contributed by atoms with E-state index in [1.165, 1.54) is 29.1 Å². The van der Waals surface area contributed by atoms with Crippen molar-refractivity contribution in [3.05, 3.63) is 73.7 Å². The highest BCUT2D eigenvalue weighted by atomic mass is 79.9. The number of hydrogen-bond donors (Lipinski definition) is 0. The van der Waals surface area contributed by atoms with Crippen LogP contribution in [0, 0.1) is 12.7 Å². The summed E-state index contributed by atoms with van der Waals surface area (Å²) >= 11 is 4.53. The van der Waals surface area contributed by atoms with E-state index >= 15 is 0 Å². The highest BCUT2D eigenvalue weighted by molar-refractivity contribution is 9.10. The first-order valence-electron chi connectivity index (χ1n) is 8.55. The van der Waals surface area contributed by atoms with Crippen molar-refractivity contribution in [1.82, 2.24) is 24.8 Å². The molecular formula is C19H15BrFN5O2S. The van der Waals surface area contributed by atoms with E-state index in [9.17, 15) is 9.18 Å². The second kappa shape index (κ2) is 7.88. The van der Waals surface area contributed by atoms with Gasteiger partial charge in [-0.15, -0.1) is 0 Å². The third-order valence-electron chi connectivity index (χ3n) is 4.37. The normalized spacial score (nSPS) is 11.0. The Hall–Kier alpha value is -2.85. The number of ether oxygens (including phenoxy) is 1. The van der Waals surface area contributed by atoms with Crippen LogP contribution in [-0.2, 0) is 13.7 Å². The van der Waals surface area contributed by atoms with Crippen LogP contribution >= 0.6 is 27.3 Å². The van der Waals surface area contributed by atoms with Gasteiger partial charge < -0.3 is 4.74 Å². The molecule has 7 nitrogen and oxygen atoms in total. The second-order valence-corrected chi connectivity index (χ2v) is 8.02. The maximum Gasteiger partial charge on any atom is 0.368 e. The van der Waals surface area contributed by atoms with Gasteiger partial charge in [0.2, 0.25) is 0 Å². The molecule has 0 bridgehead atoms. The highest BCUT2D eigenvalue weighted by Gasteiger charge is 2.15. The van der Waals surface area contributed by atoms with E-state index in [0.29, 0.717) is 26.6 Å². The van der Waals surface area contributed by atoms with Crippen molar-refractivity contribution in [2.75, 3.05) is 0 Å². The number of aromatic nitrogens is 5. The molecule has 2 aromatic carbocycles. The molecule has 0 fully saturated rings. The average molecular weight is 476 g/mol. The molecule has 29 heavy (non-hydrogen) atoms. The standard InChI is InChI=1S/C19H15BrFN5O2S/c1-11-4-3-5-17(26-19(27)25(2)23-24-26)14(11)9-28-18-22-16(10-29-18)13-7-6-12(20)8-15(13)21/h3-8,10H,9H2,1-2H3. The van der Waals surface area contributed by atoms with Crippen molar-refractivity contribution in [3.8, 4) is 22.1 Å². The Balaban J connectivity index is 1.60. The third-order valence-corrected chi connectivity index (χ3v) is 5.61. The fraction of sp³-hybridized carbons (Fsp3) is 0.158. The molecule has 4 rings (SSSR count). The zero-order chi connectivity index (χ0) is 20.5. The lowest BCUT2D eigenvalue weighted by molar-refractivity contribution is 0.303. The fourth-order valence-corrected chi connectivity index (χ4v) is 3.82. The zero-order valence-corrected chi connectivity index (χ0v) is 17.9. The summed E-state index contributed by atoms with van der Waals surface area (Å²) in [5.41, 5.74) is 2.89. The van der Waals surface area contributed by atoms with Gasteiger partial charge in [0.1, 0.15) is 12.4 Å². The zero-order valence-electron chi connectivity index (χ0n) is 15.5. The van der Waals surface area contributed by atoms with Crippen LogP contribution in [0.25, 0.3) is 16.9 Å². The van der Waals surface area contributed by atoms with Crippen molar-refractivity contribution < 1.29 is 9.13 Å². The average Bonchev–Trinajstić information content (AvgIpc) is 3.28. The molecule has 10 heteroatoms. The molecule has 0 radical (unpaired) electrons. The molecule has 0 unspecified atom stereocenters. The van der Waals surface area contributed by atoms with E-state index in [1.54, 1.807) is 23.6 Å². The Morgan fingerprint density at radius 1 is 1.24 bits per heavy atom. The van der Waals surface area contributed by atoms with Gasteiger partial charge in [0.05, 0.1) is 11.4 Å². The number of rotatable bonds is 5. The molecule has 0 saturated carbocycles. The van der Waals surface area contributed by atoms with Crippen LogP contribution in [0.1, 0.15) is 11.1 Å². The molecule has 0 aliphatic rings. The summed E-state index contributed by atoms with van der Waals surface area (Å²) in [5.74, 6) is -0.362. The molecule has 4 aromatic rings. The van der Waals surface area contributed by atoms with Crippen LogP contribution in [0.5, 0.6) is 5.19 Å². The smallest absolute Gasteiger partial charge is 0.368 e. The molecule has 0 atom stereocenters. The van der Waals surface area contributed by atoms with Crippen molar-refractivity contribution in [2.24, 2.45) is 7.05 Å². The molecule has 0 aliphatic carbocycles. The summed E-state index contributed by atoms with van der Waals surface area (Å²) in [7, 11) is 1.54. The maximum atomic E-state index is 14.2. The van der Waals surface area contributed by atoms with E-state index in [2.05, 4.69) is 31.3 Å². The number of nitrogens with zero attached hydrogens (tertiary/aromatic N) is 5. The number of thiazole rings is 1. The van der Waals surface area contributed by atoms with E-state index < -0.39 is 0 Å². The van der Waals surface area contributed by atoms with Crippen LogP contribution in [0.15, 0.2) is 51.0 Å². The topological polar surface area (TPSA) is 74.8 Å². The predicted molar refractivity (Wildman–Crippen MR) is 111 cm³/mol. The summed E-state index contributed by atoms with van der Waals surface area (Å²) in [6, 6.07) is 10.4. The Morgan fingerprint density at radius 3 is 2.79 bits per heavy atom.